The molecule has 0 atom stereocenters. The van der Waals surface area contributed by atoms with Crippen LogP contribution in [-0.4, -0.2) is 79.3 Å². The van der Waals surface area contributed by atoms with Gasteiger partial charge in [0.25, 0.3) is 0 Å². The molecule has 4 heterocycles. The average molecular weight is 411 g/mol. The maximum atomic E-state index is 4.89. The van der Waals surface area contributed by atoms with Crippen molar-refractivity contribution in [3.63, 3.8) is 0 Å². The van der Waals surface area contributed by atoms with Gasteiger partial charge in [-0.25, -0.2) is 4.98 Å². The molecule has 0 spiro atoms. The van der Waals surface area contributed by atoms with Crippen LogP contribution in [0.3, 0.4) is 0 Å². The number of nitrogens with zero attached hydrogens (tertiary/aromatic N) is 6. The molecule has 2 aliphatic heterocycles. The summed E-state index contributed by atoms with van der Waals surface area (Å²) >= 11 is 0. The Morgan fingerprint density at radius 1 is 0.867 bits per heavy atom. The molecule has 0 unspecified atom stereocenters. The first-order chi connectivity index (χ1) is 14.8. The lowest BCUT2D eigenvalue weighted by atomic mass is 10.4. The first kappa shape index (κ1) is 20.7. The van der Waals surface area contributed by atoms with Crippen LogP contribution in [0.1, 0.15) is 25.7 Å². The highest BCUT2D eigenvalue weighted by Gasteiger charge is 2.20. The van der Waals surface area contributed by atoms with Crippen molar-refractivity contribution in [2.75, 3.05) is 79.8 Å². The zero-order valence-electron chi connectivity index (χ0n) is 18.1. The topological polar surface area (TPSA) is 72.5 Å². The Morgan fingerprint density at radius 2 is 1.53 bits per heavy atom. The summed E-state index contributed by atoms with van der Waals surface area (Å²) in [6.45, 7) is 7.97. The molecule has 2 aromatic heterocycles. The van der Waals surface area contributed by atoms with Crippen molar-refractivity contribution in [3.8, 4) is 0 Å². The van der Waals surface area contributed by atoms with Crippen LogP contribution in [0.5, 0.6) is 0 Å². The lowest BCUT2D eigenvalue weighted by Gasteiger charge is -2.22. The second-order valence-electron chi connectivity index (χ2n) is 8.17. The van der Waals surface area contributed by atoms with Crippen LogP contribution in [-0.2, 0) is 0 Å². The zero-order chi connectivity index (χ0) is 20.6. The Balaban J connectivity index is 1.28. The van der Waals surface area contributed by atoms with E-state index in [2.05, 4.69) is 43.4 Å². The van der Waals surface area contributed by atoms with Gasteiger partial charge in [0.15, 0.2) is 0 Å². The van der Waals surface area contributed by atoms with Crippen molar-refractivity contribution in [1.82, 2.24) is 19.9 Å². The van der Waals surface area contributed by atoms with Crippen LogP contribution >= 0.6 is 0 Å². The van der Waals surface area contributed by atoms with Crippen molar-refractivity contribution < 1.29 is 0 Å². The zero-order valence-corrected chi connectivity index (χ0v) is 18.1. The Morgan fingerprint density at radius 3 is 2.20 bits per heavy atom. The van der Waals surface area contributed by atoms with E-state index in [-0.39, 0.29) is 0 Å². The smallest absolute Gasteiger partial charge is 0.229 e. The molecule has 2 saturated heterocycles. The fourth-order valence-corrected chi connectivity index (χ4v) is 4.01. The Kier molecular flexibility index (Phi) is 7.18. The molecule has 0 saturated carbocycles. The van der Waals surface area contributed by atoms with E-state index in [0.29, 0.717) is 0 Å². The molecule has 2 N–H and O–H groups in total. The maximum absolute atomic E-state index is 4.89. The summed E-state index contributed by atoms with van der Waals surface area (Å²) in [5.41, 5.74) is 0. The van der Waals surface area contributed by atoms with Crippen molar-refractivity contribution in [2.24, 2.45) is 0 Å². The van der Waals surface area contributed by atoms with Gasteiger partial charge >= 0.3 is 0 Å². The number of anilines is 4. The van der Waals surface area contributed by atoms with Crippen LogP contribution in [0.15, 0.2) is 30.5 Å². The number of pyridine rings is 1. The molecular formula is C22H34N8. The summed E-state index contributed by atoms with van der Waals surface area (Å²) < 4.78 is 0. The van der Waals surface area contributed by atoms with Gasteiger partial charge in [-0.2, -0.15) is 9.97 Å². The third-order valence-corrected chi connectivity index (χ3v) is 5.78. The fourth-order valence-electron chi connectivity index (χ4n) is 4.01. The molecule has 2 aromatic rings. The van der Waals surface area contributed by atoms with Crippen LogP contribution in [0, 0.1) is 0 Å². The molecule has 0 radical (unpaired) electrons. The van der Waals surface area contributed by atoms with Crippen LogP contribution in [0.2, 0.25) is 0 Å². The molecule has 0 bridgehead atoms. The van der Waals surface area contributed by atoms with Gasteiger partial charge in [-0.05, 0) is 44.9 Å². The SMILES string of the molecule is CN(CCNc1ccccn1)CCNc1cc(N2CCCC2)nc(N2CCCC2)n1. The van der Waals surface area contributed by atoms with Crippen LogP contribution in [0.4, 0.5) is 23.4 Å². The van der Waals surface area contributed by atoms with Gasteiger partial charge < -0.3 is 25.3 Å². The molecule has 8 nitrogen and oxygen atoms in total. The van der Waals surface area contributed by atoms with Crippen LogP contribution < -0.4 is 20.4 Å². The number of likely N-dealkylation sites (N-methyl/N-ethyl adjacent to an activating group) is 1. The van der Waals surface area contributed by atoms with E-state index in [9.17, 15) is 0 Å². The predicted octanol–water partition coefficient (Wildman–Crippen LogP) is 2.53. The minimum Gasteiger partial charge on any atom is -0.369 e. The third kappa shape index (κ3) is 5.72. The molecule has 2 aliphatic rings. The number of hydrogen-bond acceptors (Lipinski definition) is 8. The van der Waals surface area contributed by atoms with Gasteiger partial charge in [-0.15, -0.1) is 0 Å². The van der Waals surface area contributed by atoms with E-state index in [4.69, 9.17) is 9.97 Å². The molecule has 30 heavy (non-hydrogen) atoms. The molecule has 4 rings (SSSR count). The van der Waals surface area contributed by atoms with Crippen LogP contribution in [0.25, 0.3) is 0 Å². The second kappa shape index (κ2) is 10.4. The quantitative estimate of drug-likeness (QED) is 0.619. The normalized spacial score (nSPS) is 16.5. The first-order valence-corrected chi connectivity index (χ1v) is 11.2. The summed E-state index contributed by atoms with van der Waals surface area (Å²) in [6.07, 6.45) is 6.78. The number of aromatic nitrogens is 3. The summed E-state index contributed by atoms with van der Waals surface area (Å²) in [4.78, 5) is 21.0. The maximum Gasteiger partial charge on any atom is 0.229 e. The molecule has 0 aromatic carbocycles. The molecule has 0 amide bonds. The van der Waals surface area contributed by atoms with Gasteiger partial charge in [0.1, 0.15) is 17.5 Å². The summed E-state index contributed by atoms with van der Waals surface area (Å²) in [5, 5.41) is 6.89. The standard InChI is InChI=1S/C22H34N8/c1-28(16-10-24-19-8-2-3-9-23-19)17-11-25-20-18-21(29-12-4-5-13-29)27-22(26-20)30-14-6-7-15-30/h2-3,8-9,18H,4-7,10-17H2,1H3,(H,23,24)(H,25,26,27). The van der Waals surface area contributed by atoms with Gasteiger partial charge in [0, 0.05) is 64.6 Å². The minimum absolute atomic E-state index is 0.857. The Labute approximate surface area is 179 Å². The Hall–Kier alpha value is -2.61. The van der Waals surface area contributed by atoms with E-state index in [0.717, 1.165) is 75.8 Å². The van der Waals surface area contributed by atoms with E-state index in [1.165, 1.54) is 25.7 Å². The second-order valence-corrected chi connectivity index (χ2v) is 8.17. The minimum atomic E-state index is 0.857. The van der Waals surface area contributed by atoms with Gasteiger partial charge in [0.2, 0.25) is 5.95 Å². The summed E-state index contributed by atoms with van der Waals surface area (Å²) in [7, 11) is 2.15. The molecule has 162 valence electrons. The molecular weight excluding hydrogens is 376 g/mol. The predicted molar refractivity (Wildman–Crippen MR) is 124 cm³/mol. The highest BCUT2D eigenvalue weighted by molar-refractivity contribution is 5.55. The fraction of sp³-hybridized carbons (Fsp3) is 0.591. The van der Waals surface area contributed by atoms with Gasteiger partial charge in [-0.3, -0.25) is 0 Å². The van der Waals surface area contributed by atoms with Gasteiger partial charge in [-0.1, -0.05) is 6.07 Å². The summed E-state index contributed by atoms with van der Waals surface area (Å²) in [6, 6.07) is 8.04. The largest absolute Gasteiger partial charge is 0.369 e. The van der Waals surface area contributed by atoms with Crippen molar-refractivity contribution in [2.45, 2.75) is 25.7 Å². The van der Waals surface area contributed by atoms with E-state index >= 15 is 0 Å². The van der Waals surface area contributed by atoms with Crippen molar-refractivity contribution in [3.05, 3.63) is 30.5 Å². The lowest BCUT2D eigenvalue weighted by molar-refractivity contribution is 0.360. The highest BCUT2D eigenvalue weighted by atomic mass is 15.3. The number of hydrogen-bond donors (Lipinski definition) is 2. The highest BCUT2D eigenvalue weighted by Crippen LogP contribution is 2.25. The lowest BCUT2D eigenvalue weighted by Crippen LogP contribution is -2.30. The van der Waals surface area contributed by atoms with E-state index < -0.39 is 0 Å². The molecule has 2 fully saturated rings. The first-order valence-electron chi connectivity index (χ1n) is 11.2. The van der Waals surface area contributed by atoms with Crippen molar-refractivity contribution >= 4 is 23.4 Å². The third-order valence-electron chi connectivity index (χ3n) is 5.78. The number of nitrogens with one attached hydrogen (secondary N) is 2. The monoisotopic (exact) mass is 410 g/mol. The van der Waals surface area contributed by atoms with E-state index in [1.54, 1.807) is 0 Å². The molecule has 8 heteroatoms. The van der Waals surface area contributed by atoms with Crippen molar-refractivity contribution in [1.29, 1.82) is 0 Å². The summed E-state index contributed by atoms with van der Waals surface area (Å²) in [5.74, 6) is 3.81. The van der Waals surface area contributed by atoms with Gasteiger partial charge in [0.05, 0.1) is 0 Å². The number of rotatable bonds is 10. The Bertz CT molecular complexity index is 738. The van der Waals surface area contributed by atoms with E-state index in [1.807, 2.05) is 24.4 Å². The average Bonchev–Trinajstić information content (AvgIpc) is 3.49. The molecule has 0 aliphatic carbocycles.